The van der Waals surface area contributed by atoms with Crippen LogP contribution in [-0.4, -0.2) is 21.3 Å². The Bertz CT molecular complexity index is 471. The Morgan fingerprint density at radius 3 is 3.15 bits per heavy atom. The largest absolute Gasteiger partial charge is 0.363 e. The summed E-state index contributed by atoms with van der Waals surface area (Å²) in [6.07, 6.45) is 3.25. The predicted molar refractivity (Wildman–Crippen MR) is 46.5 cm³/mol. The lowest BCUT2D eigenvalue weighted by Gasteiger charge is -2.02. The summed E-state index contributed by atoms with van der Waals surface area (Å²) in [6.45, 7) is 0.342. The van der Waals surface area contributed by atoms with Crippen molar-refractivity contribution in [2.24, 2.45) is 0 Å². The van der Waals surface area contributed by atoms with Gasteiger partial charge in [-0.1, -0.05) is 0 Å². The topological polar surface area (TPSA) is 48.5 Å². The average molecular weight is 179 g/mol. The van der Waals surface area contributed by atoms with Crippen LogP contribution in [0, 0.1) is 0 Å². The number of methoxy groups -OCH3 is 1. The molecule has 0 saturated heterocycles. The molecule has 0 aliphatic carbocycles. The van der Waals surface area contributed by atoms with Crippen molar-refractivity contribution in [1.82, 2.24) is 14.2 Å². The minimum atomic E-state index is -0.105. The number of rotatable bonds is 2. The van der Waals surface area contributed by atoms with Crippen molar-refractivity contribution in [1.29, 1.82) is 0 Å². The fourth-order valence-electron chi connectivity index (χ4n) is 1.24. The minimum absolute atomic E-state index is 0.105. The van der Waals surface area contributed by atoms with E-state index in [1.807, 2.05) is 0 Å². The van der Waals surface area contributed by atoms with E-state index in [1.54, 1.807) is 24.1 Å². The van der Waals surface area contributed by atoms with Gasteiger partial charge in [-0.15, -0.1) is 0 Å². The maximum Gasteiger partial charge on any atom is 0.272 e. The third-order valence-corrected chi connectivity index (χ3v) is 1.76. The molecule has 0 radical (unpaired) electrons. The normalized spacial score (nSPS) is 10.8. The Hall–Kier alpha value is -1.62. The molecule has 2 aromatic heterocycles. The van der Waals surface area contributed by atoms with Crippen molar-refractivity contribution in [3.8, 4) is 0 Å². The van der Waals surface area contributed by atoms with Crippen LogP contribution >= 0.6 is 0 Å². The molecule has 2 heterocycles. The monoisotopic (exact) mass is 179 g/mol. The van der Waals surface area contributed by atoms with E-state index in [9.17, 15) is 4.79 Å². The first-order valence-corrected chi connectivity index (χ1v) is 3.85. The third kappa shape index (κ3) is 1.23. The Balaban J connectivity index is 2.71. The van der Waals surface area contributed by atoms with Crippen molar-refractivity contribution in [3.05, 3.63) is 34.9 Å². The van der Waals surface area contributed by atoms with Crippen LogP contribution in [0.25, 0.3) is 5.65 Å². The van der Waals surface area contributed by atoms with Crippen molar-refractivity contribution < 1.29 is 4.74 Å². The number of nitrogens with zero attached hydrogens (tertiary/aromatic N) is 3. The van der Waals surface area contributed by atoms with Gasteiger partial charge in [0.1, 0.15) is 6.73 Å². The van der Waals surface area contributed by atoms with Gasteiger partial charge < -0.3 is 4.74 Å². The van der Waals surface area contributed by atoms with Gasteiger partial charge in [-0.2, -0.15) is 4.52 Å². The molecule has 0 saturated carbocycles. The Kier molecular flexibility index (Phi) is 1.86. The van der Waals surface area contributed by atoms with Crippen LogP contribution in [0.15, 0.2) is 29.3 Å². The molecule has 0 unspecified atom stereocenters. The number of fused-ring (bicyclic) bond motifs is 1. The van der Waals surface area contributed by atoms with E-state index in [0.717, 1.165) is 0 Å². The van der Waals surface area contributed by atoms with Crippen LogP contribution in [0.1, 0.15) is 0 Å². The van der Waals surface area contributed by atoms with E-state index in [2.05, 4.69) is 4.98 Å². The lowest BCUT2D eigenvalue weighted by molar-refractivity contribution is 0.116. The van der Waals surface area contributed by atoms with E-state index in [0.29, 0.717) is 12.4 Å². The van der Waals surface area contributed by atoms with Gasteiger partial charge in [-0.05, 0) is 0 Å². The summed E-state index contributed by atoms with van der Waals surface area (Å²) in [7, 11) is 1.58. The number of hydrogen-bond acceptors (Lipinski definition) is 3. The molecule has 0 bridgehead atoms. The zero-order valence-corrected chi connectivity index (χ0v) is 7.17. The Morgan fingerprint density at radius 1 is 1.54 bits per heavy atom. The van der Waals surface area contributed by atoms with Crippen molar-refractivity contribution in [2.75, 3.05) is 7.11 Å². The second-order valence-corrected chi connectivity index (χ2v) is 2.63. The van der Waals surface area contributed by atoms with Gasteiger partial charge in [0.05, 0.1) is 0 Å². The molecule has 5 nitrogen and oxygen atoms in total. The molecule has 0 N–H and O–H groups in total. The van der Waals surface area contributed by atoms with Crippen LogP contribution < -0.4 is 5.56 Å². The molecule has 2 rings (SSSR count). The molecule has 0 aliphatic rings. The molecular formula is C8H9N3O2. The highest BCUT2D eigenvalue weighted by Crippen LogP contribution is 1.96. The molecule has 0 amide bonds. The summed E-state index contributed by atoms with van der Waals surface area (Å²) in [5, 5.41) is 0. The van der Waals surface area contributed by atoms with Crippen LogP contribution in [0.4, 0.5) is 0 Å². The number of aromatic nitrogens is 3. The van der Waals surface area contributed by atoms with Gasteiger partial charge in [0.15, 0.2) is 5.65 Å². The average Bonchev–Trinajstić information content (AvgIpc) is 2.51. The molecule has 0 fully saturated rings. The highest BCUT2D eigenvalue weighted by Gasteiger charge is 2.00. The van der Waals surface area contributed by atoms with E-state index in [4.69, 9.17) is 4.74 Å². The molecule has 68 valence electrons. The fraction of sp³-hybridized carbons (Fsp3) is 0.250. The zero-order valence-electron chi connectivity index (χ0n) is 7.17. The maximum atomic E-state index is 11.4. The Morgan fingerprint density at radius 2 is 2.38 bits per heavy atom. The van der Waals surface area contributed by atoms with E-state index < -0.39 is 0 Å². The quantitative estimate of drug-likeness (QED) is 0.657. The molecule has 0 spiro atoms. The summed E-state index contributed by atoms with van der Waals surface area (Å²) in [4.78, 5) is 15.4. The molecule has 13 heavy (non-hydrogen) atoms. The van der Waals surface area contributed by atoms with Crippen molar-refractivity contribution >= 4 is 5.65 Å². The van der Waals surface area contributed by atoms with Gasteiger partial charge in [0, 0.05) is 31.6 Å². The van der Waals surface area contributed by atoms with Gasteiger partial charge >= 0.3 is 0 Å². The van der Waals surface area contributed by atoms with Crippen LogP contribution in [0.5, 0.6) is 0 Å². The lowest BCUT2D eigenvalue weighted by Crippen LogP contribution is -2.20. The summed E-state index contributed by atoms with van der Waals surface area (Å²) in [6, 6.07) is 3.18. The SMILES string of the molecule is COCn1ccc2nccc(=O)n21. The molecule has 0 atom stereocenters. The maximum absolute atomic E-state index is 11.4. The summed E-state index contributed by atoms with van der Waals surface area (Å²) in [5.41, 5.74) is 0.525. The molecule has 0 aliphatic heterocycles. The highest BCUT2D eigenvalue weighted by molar-refractivity contribution is 5.34. The van der Waals surface area contributed by atoms with Crippen LogP contribution in [0.3, 0.4) is 0 Å². The van der Waals surface area contributed by atoms with Crippen LogP contribution in [0.2, 0.25) is 0 Å². The smallest absolute Gasteiger partial charge is 0.272 e. The fourth-order valence-corrected chi connectivity index (χ4v) is 1.24. The first kappa shape index (κ1) is 8.00. The summed E-state index contributed by atoms with van der Waals surface area (Å²) >= 11 is 0. The molecular weight excluding hydrogens is 170 g/mol. The first-order valence-electron chi connectivity index (χ1n) is 3.85. The molecule has 0 aromatic carbocycles. The lowest BCUT2D eigenvalue weighted by atomic mass is 10.6. The van der Waals surface area contributed by atoms with Crippen LogP contribution in [-0.2, 0) is 11.5 Å². The summed E-state index contributed by atoms with van der Waals surface area (Å²) < 4.78 is 8.04. The Labute approximate surface area is 74.2 Å². The molecule has 2 aromatic rings. The third-order valence-electron chi connectivity index (χ3n) is 1.76. The van der Waals surface area contributed by atoms with Gasteiger partial charge in [0.25, 0.3) is 5.56 Å². The van der Waals surface area contributed by atoms with Gasteiger partial charge in [-0.25, -0.2) is 4.98 Å². The summed E-state index contributed by atoms with van der Waals surface area (Å²) in [5.74, 6) is 0. The van der Waals surface area contributed by atoms with Crippen molar-refractivity contribution in [3.63, 3.8) is 0 Å². The van der Waals surface area contributed by atoms with E-state index >= 15 is 0 Å². The van der Waals surface area contributed by atoms with E-state index in [-0.39, 0.29) is 5.56 Å². The second-order valence-electron chi connectivity index (χ2n) is 2.63. The van der Waals surface area contributed by atoms with E-state index in [1.165, 1.54) is 16.8 Å². The standard InChI is InChI=1S/C8H9N3O2/c1-13-6-10-5-3-7-9-4-2-8(12)11(7)10/h2-5H,6H2,1H3. The zero-order chi connectivity index (χ0) is 9.26. The van der Waals surface area contributed by atoms with Crippen molar-refractivity contribution in [2.45, 2.75) is 6.73 Å². The number of ether oxygens (including phenoxy) is 1. The second kappa shape index (κ2) is 3.02. The first-order chi connectivity index (χ1) is 6.33. The molecule has 5 heteroatoms. The number of hydrogen-bond donors (Lipinski definition) is 0. The predicted octanol–water partition coefficient (Wildman–Crippen LogP) is 0.0999. The van der Waals surface area contributed by atoms with Gasteiger partial charge in [0.2, 0.25) is 0 Å². The minimum Gasteiger partial charge on any atom is -0.363 e. The van der Waals surface area contributed by atoms with Gasteiger partial charge in [-0.3, -0.25) is 9.48 Å². The highest BCUT2D eigenvalue weighted by atomic mass is 16.5.